The first-order valence-electron chi connectivity index (χ1n) is 2.79. The van der Waals surface area contributed by atoms with Crippen LogP contribution in [0.4, 0.5) is 0 Å². The van der Waals surface area contributed by atoms with Crippen LogP contribution in [0.1, 0.15) is 0 Å². The smallest absolute Gasteiger partial charge is 0.449 e. The molecule has 0 atom stereocenters. The van der Waals surface area contributed by atoms with E-state index in [4.69, 9.17) is 15.1 Å². The average molecular weight is 156 g/mol. The maximum absolute atomic E-state index is 8.62. The molecule has 0 aliphatic carbocycles. The minimum atomic E-state index is -1.41. The van der Waals surface area contributed by atoms with Gasteiger partial charge in [-0.1, -0.05) is 12.1 Å². The molecule has 0 radical (unpaired) electrons. The predicted molar refractivity (Wildman–Crippen MR) is 43.1 cm³/mol. The summed E-state index contributed by atoms with van der Waals surface area (Å²) in [6, 6.07) is 3.25. The molecule has 0 bridgehead atoms. The number of rotatable bonds is 2. The van der Waals surface area contributed by atoms with Gasteiger partial charge in [0, 0.05) is 4.78 Å². The van der Waals surface area contributed by atoms with Crippen molar-refractivity contribution < 1.29 is 15.1 Å². The van der Waals surface area contributed by atoms with Crippen molar-refractivity contribution in [2.24, 2.45) is 0 Å². The molecule has 1 heterocycles. The van der Waals surface area contributed by atoms with E-state index < -0.39 is 7.12 Å². The van der Waals surface area contributed by atoms with E-state index in [2.05, 4.69) is 0 Å². The van der Waals surface area contributed by atoms with Gasteiger partial charge in [0.1, 0.15) is 0 Å². The summed E-state index contributed by atoms with van der Waals surface area (Å²) in [6.45, 7) is 0. The van der Waals surface area contributed by atoms with Gasteiger partial charge in [-0.15, -0.1) is 0 Å². The van der Waals surface area contributed by atoms with Crippen molar-refractivity contribution in [3.05, 3.63) is 12.1 Å². The highest BCUT2D eigenvalue weighted by molar-refractivity contribution is 7.29. The largest absolute Gasteiger partial charge is 0.499 e. The molecule has 52 valence electrons. The maximum Gasteiger partial charge on any atom is 0.499 e. The van der Waals surface area contributed by atoms with E-state index in [-0.39, 0.29) is 7.48 Å². The first-order valence-corrected chi connectivity index (χ1v) is 3.61. The van der Waals surface area contributed by atoms with Crippen LogP contribution in [-0.4, -0.2) is 29.7 Å². The van der Waals surface area contributed by atoms with Crippen molar-refractivity contribution in [1.29, 1.82) is 0 Å². The first kappa shape index (κ1) is 7.81. The highest BCUT2D eigenvalue weighted by atomic mass is 32.1. The minimum Gasteiger partial charge on any atom is -0.449 e. The zero-order valence-corrected chi connectivity index (χ0v) is 6.01. The van der Waals surface area contributed by atoms with Crippen LogP contribution in [0.5, 0.6) is 0 Å². The van der Waals surface area contributed by atoms with Gasteiger partial charge in [-0.3, -0.25) is 0 Å². The monoisotopic (exact) mass is 156 g/mol. The Hall–Kier alpha value is -0.290. The fourth-order valence-electron chi connectivity index (χ4n) is 0.618. The van der Waals surface area contributed by atoms with Crippen molar-refractivity contribution in [3.8, 4) is 0 Å². The van der Waals surface area contributed by atoms with Gasteiger partial charge in [0.2, 0.25) is 0 Å². The summed E-state index contributed by atoms with van der Waals surface area (Å²) < 4.78 is 1.20. The highest BCUT2D eigenvalue weighted by Crippen LogP contribution is 1.89. The van der Waals surface area contributed by atoms with Gasteiger partial charge < -0.3 is 15.1 Å². The standard InChI is InChI=1S/C4H6B2O3S/c7-5-3-1-2-4(10-3)6(8)9/h1-2,5,7-9H. The van der Waals surface area contributed by atoms with Crippen molar-refractivity contribution in [2.75, 3.05) is 0 Å². The maximum atomic E-state index is 8.62. The van der Waals surface area contributed by atoms with Crippen molar-refractivity contribution in [1.82, 2.24) is 0 Å². The van der Waals surface area contributed by atoms with Gasteiger partial charge in [-0.25, -0.2) is 0 Å². The lowest BCUT2D eigenvalue weighted by Crippen LogP contribution is -2.26. The van der Waals surface area contributed by atoms with Crippen LogP contribution in [0.25, 0.3) is 0 Å². The van der Waals surface area contributed by atoms with Crippen LogP contribution in [0.3, 0.4) is 0 Å². The Labute approximate surface area is 63.4 Å². The summed E-state index contributed by atoms with van der Waals surface area (Å²) in [5, 5.41) is 25.8. The van der Waals surface area contributed by atoms with Crippen LogP contribution >= 0.6 is 11.3 Å². The fourth-order valence-corrected chi connectivity index (χ4v) is 1.36. The van der Waals surface area contributed by atoms with Gasteiger partial charge in [-0.2, -0.15) is 11.3 Å². The lowest BCUT2D eigenvalue weighted by molar-refractivity contribution is 0.427. The molecule has 0 aromatic carbocycles. The Bertz CT molecular complexity index is 212. The molecular formula is C4H6B2O3S. The van der Waals surface area contributed by atoms with Gasteiger partial charge >= 0.3 is 14.6 Å². The molecule has 0 unspecified atom stereocenters. The molecule has 6 heteroatoms. The van der Waals surface area contributed by atoms with Crippen LogP contribution in [0.15, 0.2) is 12.1 Å². The molecule has 0 saturated carbocycles. The Morgan fingerprint density at radius 2 is 2.10 bits per heavy atom. The molecular weight excluding hydrogens is 150 g/mol. The van der Waals surface area contributed by atoms with Gasteiger partial charge in [0.15, 0.2) is 0 Å². The Morgan fingerprint density at radius 3 is 2.40 bits per heavy atom. The predicted octanol–water partition coefficient (Wildman–Crippen LogP) is -2.60. The fraction of sp³-hybridized carbons (Fsp3) is 0. The van der Waals surface area contributed by atoms with E-state index in [0.29, 0.717) is 4.78 Å². The molecule has 0 saturated heterocycles. The second-order valence-electron chi connectivity index (χ2n) is 1.84. The summed E-state index contributed by atoms with van der Waals surface area (Å²) in [7, 11) is -1.46. The SMILES string of the molecule is OBc1ccc(B(O)O)s1. The zero-order chi connectivity index (χ0) is 7.56. The van der Waals surface area contributed by atoms with Crippen LogP contribution in [0, 0.1) is 0 Å². The molecule has 1 rings (SSSR count). The third kappa shape index (κ3) is 1.60. The average Bonchev–Trinajstić information content (AvgIpc) is 2.34. The van der Waals surface area contributed by atoms with E-state index in [1.54, 1.807) is 12.1 Å². The summed E-state index contributed by atoms with van der Waals surface area (Å²) in [6.07, 6.45) is 0. The number of hydrogen-bond acceptors (Lipinski definition) is 4. The minimum absolute atomic E-state index is 0.0443. The third-order valence-electron chi connectivity index (χ3n) is 1.09. The first-order chi connectivity index (χ1) is 4.74. The molecule has 1 aromatic heterocycles. The molecule has 10 heavy (non-hydrogen) atoms. The van der Waals surface area contributed by atoms with E-state index in [1.165, 1.54) is 11.3 Å². The normalized spacial score (nSPS) is 9.50. The second-order valence-corrected chi connectivity index (χ2v) is 3.04. The lowest BCUT2D eigenvalue weighted by Gasteiger charge is -1.88. The highest BCUT2D eigenvalue weighted by Gasteiger charge is 2.13. The van der Waals surface area contributed by atoms with Crippen molar-refractivity contribution in [2.45, 2.75) is 0 Å². The molecule has 0 spiro atoms. The van der Waals surface area contributed by atoms with Crippen molar-refractivity contribution in [3.63, 3.8) is 0 Å². The Kier molecular flexibility index (Phi) is 2.50. The molecule has 0 aliphatic rings. The molecule has 0 fully saturated rings. The summed E-state index contributed by atoms with van der Waals surface area (Å²) >= 11 is 1.19. The molecule has 3 N–H and O–H groups in total. The number of thiophene rings is 1. The van der Waals surface area contributed by atoms with E-state index in [1.807, 2.05) is 0 Å². The van der Waals surface area contributed by atoms with Crippen LogP contribution < -0.4 is 9.55 Å². The molecule has 1 aromatic rings. The Morgan fingerprint density at radius 1 is 1.40 bits per heavy atom. The Balaban J connectivity index is 2.78. The zero-order valence-electron chi connectivity index (χ0n) is 5.19. The molecule has 3 nitrogen and oxygen atoms in total. The van der Waals surface area contributed by atoms with Gasteiger partial charge in [-0.05, 0) is 4.78 Å². The van der Waals surface area contributed by atoms with Crippen LogP contribution in [-0.2, 0) is 0 Å². The molecule has 0 amide bonds. The van der Waals surface area contributed by atoms with Crippen molar-refractivity contribution >= 4 is 35.5 Å². The lowest BCUT2D eigenvalue weighted by atomic mass is 9.89. The topological polar surface area (TPSA) is 60.7 Å². The van der Waals surface area contributed by atoms with Gasteiger partial charge in [0.05, 0.1) is 0 Å². The second kappa shape index (κ2) is 3.20. The van der Waals surface area contributed by atoms with E-state index in [0.717, 1.165) is 4.78 Å². The van der Waals surface area contributed by atoms with Gasteiger partial charge in [0.25, 0.3) is 0 Å². The quantitative estimate of drug-likeness (QED) is 0.411. The van der Waals surface area contributed by atoms with E-state index >= 15 is 0 Å². The summed E-state index contributed by atoms with van der Waals surface area (Å²) in [4.78, 5) is 0. The third-order valence-corrected chi connectivity index (χ3v) is 2.20. The summed E-state index contributed by atoms with van der Waals surface area (Å²) in [5.74, 6) is 0. The van der Waals surface area contributed by atoms with Crippen LogP contribution in [0.2, 0.25) is 0 Å². The van der Waals surface area contributed by atoms with E-state index in [9.17, 15) is 0 Å². The summed E-state index contributed by atoms with van der Waals surface area (Å²) in [5.41, 5.74) is 0. The molecule has 0 aliphatic heterocycles. The number of hydrogen-bond donors (Lipinski definition) is 3.